The summed E-state index contributed by atoms with van der Waals surface area (Å²) < 4.78 is 0.464. The van der Waals surface area contributed by atoms with Gasteiger partial charge in [0, 0.05) is 17.0 Å². The van der Waals surface area contributed by atoms with Gasteiger partial charge in [0.1, 0.15) is 5.65 Å². The predicted octanol–water partition coefficient (Wildman–Crippen LogP) is 4.14. The maximum absolute atomic E-state index is 5.03. The molecule has 0 radical (unpaired) electrons. The molecule has 2 aromatic heterocycles. The highest BCUT2D eigenvalue weighted by molar-refractivity contribution is 7.71. The summed E-state index contributed by atoms with van der Waals surface area (Å²) in [6, 6.07) is 8.50. The average molecular weight is 269 g/mol. The second kappa shape index (κ2) is 4.10. The summed E-state index contributed by atoms with van der Waals surface area (Å²) in [7, 11) is 0. The van der Waals surface area contributed by atoms with Crippen LogP contribution in [0, 0.1) is 4.77 Å². The predicted molar refractivity (Wildman–Crippen MR) is 80.9 cm³/mol. The standard InChI is InChI=1S/C15H15N3S/c1-15(2,3)11-4-5-12-9(7-11)6-10-8-16-14(19)18-13(10)17-12/h4-8H,1-3H3,(H,16,17,18,19). The Kier molecular flexibility index (Phi) is 2.64. The number of benzene rings is 1. The van der Waals surface area contributed by atoms with E-state index in [1.54, 1.807) is 6.20 Å². The van der Waals surface area contributed by atoms with Crippen molar-refractivity contribution in [1.82, 2.24) is 15.0 Å². The zero-order valence-electron chi connectivity index (χ0n) is 11.2. The monoisotopic (exact) mass is 269 g/mol. The molecule has 19 heavy (non-hydrogen) atoms. The summed E-state index contributed by atoms with van der Waals surface area (Å²) in [5.41, 5.74) is 3.20. The van der Waals surface area contributed by atoms with Gasteiger partial charge in [0.25, 0.3) is 0 Å². The molecule has 0 unspecified atom stereocenters. The molecule has 2 heterocycles. The van der Waals surface area contributed by atoms with Crippen molar-refractivity contribution in [3.05, 3.63) is 40.8 Å². The van der Waals surface area contributed by atoms with Crippen LogP contribution in [-0.4, -0.2) is 15.0 Å². The van der Waals surface area contributed by atoms with Crippen LogP contribution in [0.5, 0.6) is 0 Å². The Morgan fingerprint density at radius 3 is 2.63 bits per heavy atom. The van der Waals surface area contributed by atoms with Crippen molar-refractivity contribution >= 4 is 34.2 Å². The van der Waals surface area contributed by atoms with E-state index < -0.39 is 0 Å². The molecular formula is C15H15N3S. The molecule has 0 spiro atoms. The van der Waals surface area contributed by atoms with Crippen LogP contribution in [0.2, 0.25) is 0 Å². The number of aromatic amines is 1. The summed E-state index contributed by atoms with van der Waals surface area (Å²) in [5, 5.41) is 2.11. The number of nitrogens with zero attached hydrogens (tertiary/aromatic N) is 2. The van der Waals surface area contributed by atoms with Crippen LogP contribution in [0.1, 0.15) is 26.3 Å². The van der Waals surface area contributed by atoms with E-state index in [1.807, 2.05) is 0 Å². The Morgan fingerprint density at radius 1 is 1.11 bits per heavy atom. The molecule has 0 aliphatic heterocycles. The molecule has 0 amide bonds. The second-order valence-electron chi connectivity index (χ2n) is 5.77. The maximum atomic E-state index is 5.03. The van der Waals surface area contributed by atoms with Gasteiger partial charge in [0.2, 0.25) is 0 Å². The van der Waals surface area contributed by atoms with Crippen molar-refractivity contribution in [3.63, 3.8) is 0 Å². The third kappa shape index (κ3) is 2.24. The van der Waals surface area contributed by atoms with Gasteiger partial charge in [-0.2, -0.15) is 0 Å². The first-order valence-corrected chi connectivity index (χ1v) is 6.65. The summed E-state index contributed by atoms with van der Waals surface area (Å²) in [6.07, 6.45) is 1.77. The van der Waals surface area contributed by atoms with E-state index in [9.17, 15) is 0 Å². The van der Waals surface area contributed by atoms with E-state index in [0.717, 1.165) is 21.9 Å². The Morgan fingerprint density at radius 2 is 1.89 bits per heavy atom. The van der Waals surface area contributed by atoms with Crippen LogP contribution in [0.25, 0.3) is 21.9 Å². The lowest BCUT2D eigenvalue weighted by Gasteiger charge is -2.19. The number of rotatable bonds is 0. The molecule has 4 heteroatoms. The Bertz CT molecular complexity index is 828. The van der Waals surface area contributed by atoms with Gasteiger partial charge in [-0.25, -0.2) is 9.97 Å². The van der Waals surface area contributed by atoms with E-state index in [2.05, 4.69) is 60.0 Å². The topological polar surface area (TPSA) is 41.6 Å². The molecule has 3 aromatic rings. The van der Waals surface area contributed by atoms with Gasteiger partial charge >= 0.3 is 0 Å². The van der Waals surface area contributed by atoms with Crippen molar-refractivity contribution in [1.29, 1.82) is 0 Å². The summed E-state index contributed by atoms with van der Waals surface area (Å²) in [5.74, 6) is 0. The highest BCUT2D eigenvalue weighted by Crippen LogP contribution is 2.26. The van der Waals surface area contributed by atoms with Crippen LogP contribution in [0.3, 0.4) is 0 Å². The van der Waals surface area contributed by atoms with Crippen molar-refractivity contribution in [2.75, 3.05) is 0 Å². The number of nitrogens with one attached hydrogen (secondary N) is 1. The van der Waals surface area contributed by atoms with Crippen LogP contribution in [0.4, 0.5) is 0 Å². The Balaban J connectivity index is 2.32. The average Bonchev–Trinajstić information content (AvgIpc) is 2.34. The van der Waals surface area contributed by atoms with Crippen LogP contribution < -0.4 is 0 Å². The number of hydrogen-bond donors (Lipinski definition) is 1. The first-order chi connectivity index (χ1) is 8.93. The van der Waals surface area contributed by atoms with Gasteiger partial charge in [-0.1, -0.05) is 26.8 Å². The smallest absolute Gasteiger partial charge is 0.198 e. The Hall–Kier alpha value is -1.81. The minimum Gasteiger partial charge on any atom is -0.315 e. The molecule has 3 rings (SSSR count). The molecule has 3 nitrogen and oxygen atoms in total. The van der Waals surface area contributed by atoms with E-state index in [1.165, 1.54) is 5.56 Å². The maximum Gasteiger partial charge on any atom is 0.198 e. The van der Waals surface area contributed by atoms with E-state index >= 15 is 0 Å². The van der Waals surface area contributed by atoms with Gasteiger partial charge in [-0.3, -0.25) is 0 Å². The quantitative estimate of drug-likeness (QED) is 0.492. The Labute approximate surface area is 116 Å². The van der Waals surface area contributed by atoms with E-state index in [0.29, 0.717) is 4.77 Å². The third-order valence-corrected chi connectivity index (χ3v) is 3.46. The fourth-order valence-electron chi connectivity index (χ4n) is 2.12. The molecule has 0 bridgehead atoms. The van der Waals surface area contributed by atoms with E-state index in [-0.39, 0.29) is 5.41 Å². The first kappa shape index (κ1) is 12.2. The van der Waals surface area contributed by atoms with Crippen molar-refractivity contribution in [2.45, 2.75) is 26.2 Å². The molecule has 1 N–H and O–H groups in total. The molecule has 0 saturated carbocycles. The zero-order valence-corrected chi connectivity index (χ0v) is 12.0. The molecule has 0 saturated heterocycles. The molecule has 0 aliphatic carbocycles. The molecule has 0 fully saturated rings. The minimum atomic E-state index is 0.137. The van der Waals surface area contributed by atoms with Gasteiger partial charge < -0.3 is 4.98 Å². The molecule has 0 aliphatic rings. The van der Waals surface area contributed by atoms with Gasteiger partial charge in [0.15, 0.2) is 4.77 Å². The lowest BCUT2D eigenvalue weighted by Crippen LogP contribution is -2.10. The number of pyridine rings is 1. The molecule has 1 aromatic carbocycles. The number of H-pyrrole nitrogens is 1. The van der Waals surface area contributed by atoms with Gasteiger partial charge in [-0.05, 0) is 41.4 Å². The van der Waals surface area contributed by atoms with Crippen LogP contribution >= 0.6 is 12.2 Å². The minimum absolute atomic E-state index is 0.137. The van der Waals surface area contributed by atoms with E-state index in [4.69, 9.17) is 12.2 Å². The largest absolute Gasteiger partial charge is 0.315 e. The fraction of sp³-hybridized carbons (Fsp3) is 0.267. The summed E-state index contributed by atoms with van der Waals surface area (Å²) in [6.45, 7) is 6.63. The summed E-state index contributed by atoms with van der Waals surface area (Å²) in [4.78, 5) is 11.7. The van der Waals surface area contributed by atoms with Crippen LogP contribution in [-0.2, 0) is 5.41 Å². The van der Waals surface area contributed by atoms with Crippen molar-refractivity contribution < 1.29 is 0 Å². The SMILES string of the molecule is CC(C)(C)c1ccc2nc3[nH]c(=S)ncc3cc2c1. The zero-order chi connectivity index (χ0) is 13.6. The molecule has 0 atom stereocenters. The second-order valence-corrected chi connectivity index (χ2v) is 6.16. The van der Waals surface area contributed by atoms with Gasteiger partial charge in [-0.15, -0.1) is 0 Å². The highest BCUT2D eigenvalue weighted by Gasteiger charge is 2.14. The number of hydrogen-bond acceptors (Lipinski definition) is 3. The lowest BCUT2D eigenvalue weighted by atomic mass is 9.86. The van der Waals surface area contributed by atoms with Crippen molar-refractivity contribution in [3.8, 4) is 0 Å². The van der Waals surface area contributed by atoms with Crippen molar-refractivity contribution in [2.24, 2.45) is 0 Å². The highest BCUT2D eigenvalue weighted by atomic mass is 32.1. The first-order valence-electron chi connectivity index (χ1n) is 6.24. The molecular weight excluding hydrogens is 254 g/mol. The number of aromatic nitrogens is 3. The third-order valence-electron chi connectivity index (χ3n) is 3.26. The molecule has 96 valence electrons. The van der Waals surface area contributed by atoms with Gasteiger partial charge in [0.05, 0.1) is 5.52 Å². The normalized spacial score (nSPS) is 12.2. The van der Waals surface area contributed by atoms with Crippen LogP contribution in [0.15, 0.2) is 30.5 Å². The lowest BCUT2D eigenvalue weighted by molar-refractivity contribution is 0.591. The summed E-state index contributed by atoms with van der Waals surface area (Å²) >= 11 is 5.03. The fourth-order valence-corrected chi connectivity index (χ4v) is 2.27. The number of fused-ring (bicyclic) bond motifs is 2.